The van der Waals surface area contributed by atoms with Gasteiger partial charge in [0.2, 0.25) is 0 Å². The van der Waals surface area contributed by atoms with Crippen molar-refractivity contribution in [2.75, 3.05) is 7.05 Å². The summed E-state index contributed by atoms with van der Waals surface area (Å²) in [7, 11) is 2.06. The fourth-order valence-electron chi connectivity index (χ4n) is 3.20. The lowest BCUT2D eigenvalue weighted by Crippen LogP contribution is -2.18. The molecule has 1 N–H and O–H groups in total. The predicted octanol–water partition coefficient (Wildman–Crippen LogP) is 4.65. The van der Waals surface area contributed by atoms with Gasteiger partial charge in [0, 0.05) is 23.8 Å². The molecular weight excluding hydrogens is 258 g/mol. The first-order valence-corrected chi connectivity index (χ1v) is 8.98. The van der Waals surface area contributed by atoms with E-state index in [9.17, 15) is 0 Å². The van der Waals surface area contributed by atoms with Gasteiger partial charge in [-0.2, -0.15) is 5.10 Å². The highest BCUT2D eigenvalue weighted by atomic mass is 15.3. The fraction of sp³-hybridized carbons (Fsp3) is 0.833. The Balaban J connectivity index is 2.84. The minimum atomic E-state index is 0.448. The first kappa shape index (κ1) is 18.2. The second-order valence-electron chi connectivity index (χ2n) is 5.90. The van der Waals surface area contributed by atoms with E-state index in [0.29, 0.717) is 6.04 Å². The Morgan fingerprint density at radius 2 is 1.71 bits per heavy atom. The quantitative estimate of drug-likeness (QED) is 0.602. The molecule has 0 fully saturated rings. The molecule has 1 atom stereocenters. The second-order valence-corrected chi connectivity index (χ2v) is 5.90. The molecule has 1 heterocycles. The van der Waals surface area contributed by atoms with Crippen LogP contribution in [0.4, 0.5) is 0 Å². The molecule has 1 unspecified atom stereocenters. The molecule has 0 spiro atoms. The van der Waals surface area contributed by atoms with Gasteiger partial charge in [-0.25, -0.2) is 0 Å². The minimum absolute atomic E-state index is 0.448. The summed E-state index contributed by atoms with van der Waals surface area (Å²) in [4.78, 5) is 0. The van der Waals surface area contributed by atoms with Crippen LogP contribution < -0.4 is 5.32 Å². The second kappa shape index (κ2) is 9.99. The van der Waals surface area contributed by atoms with Crippen molar-refractivity contribution in [3.05, 3.63) is 17.0 Å². The lowest BCUT2D eigenvalue weighted by atomic mass is 9.99. The van der Waals surface area contributed by atoms with Crippen molar-refractivity contribution in [3.8, 4) is 0 Å². The summed E-state index contributed by atoms with van der Waals surface area (Å²) in [5.74, 6) is 0. The van der Waals surface area contributed by atoms with Crippen molar-refractivity contribution < 1.29 is 0 Å². The predicted molar refractivity (Wildman–Crippen MR) is 91.8 cm³/mol. The molecule has 0 aliphatic carbocycles. The molecule has 122 valence electrons. The number of nitrogens with one attached hydrogen (secondary N) is 1. The summed E-state index contributed by atoms with van der Waals surface area (Å²) in [6.45, 7) is 10.1. The molecule has 0 amide bonds. The van der Waals surface area contributed by atoms with E-state index in [0.717, 1.165) is 25.8 Å². The zero-order chi connectivity index (χ0) is 15.7. The van der Waals surface area contributed by atoms with E-state index in [4.69, 9.17) is 5.10 Å². The lowest BCUT2D eigenvalue weighted by Gasteiger charge is -2.16. The zero-order valence-electron chi connectivity index (χ0n) is 14.8. The minimum Gasteiger partial charge on any atom is -0.313 e. The molecule has 0 saturated heterocycles. The van der Waals surface area contributed by atoms with Crippen molar-refractivity contribution >= 4 is 0 Å². The van der Waals surface area contributed by atoms with E-state index in [1.54, 1.807) is 0 Å². The van der Waals surface area contributed by atoms with E-state index < -0.39 is 0 Å². The van der Waals surface area contributed by atoms with Crippen LogP contribution in [-0.4, -0.2) is 16.8 Å². The van der Waals surface area contributed by atoms with Gasteiger partial charge in [-0.05, 0) is 32.7 Å². The number of hydrogen-bond donors (Lipinski definition) is 1. The number of rotatable bonds is 11. The SMILES string of the molecule is CCCCCCCn1nc(CC)c(C(CC)NC)c1CC. The Hall–Kier alpha value is -0.830. The van der Waals surface area contributed by atoms with E-state index in [1.807, 2.05) is 0 Å². The molecule has 1 aromatic rings. The Labute approximate surface area is 131 Å². The summed E-state index contributed by atoms with van der Waals surface area (Å²) in [6, 6.07) is 0.448. The van der Waals surface area contributed by atoms with Crippen molar-refractivity contribution in [1.29, 1.82) is 0 Å². The third-order valence-corrected chi connectivity index (χ3v) is 4.42. The molecule has 3 nitrogen and oxygen atoms in total. The summed E-state index contributed by atoms with van der Waals surface area (Å²) in [5.41, 5.74) is 4.21. The largest absolute Gasteiger partial charge is 0.313 e. The van der Waals surface area contributed by atoms with Crippen molar-refractivity contribution in [2.45, 2.75) is 91.6 Å². The Kier molecular flexibility index (Phi) is 8.67. The standard InChI is InChI=1S/C18H35N3/c1-6-10-11-12-13-14-21-17(9-4)18(15(7-2)19-5)16(8-3)20-21/h15,19H,6-14H2,1-5H3. The molecule has 1 aromatic heterocycles. The average Bonchev–Trinajstić information content (AvgIpc) is 2.86. The molecule has 0 aromatic carbocycles. The first-order valence-electron chi connectivity index (χ1n) is 8.98. The van der Waals surface area contributed by atoms with Crippen LogP contribution in [0.3, 0.4) is 0 Å². The van der Waals surface area contributed by atoms with Crippen LogP contribution in [-0.2, 0) is 19.4 Å². The van der Waals surface area contributed by atoms with Crippen molar-refractivity contribution in [2.24, 2.45) is 0 Å². The van der Waals surface area contributed by atoms with Crippen LogP contribution in [0.15, 0.2) is 0 Å². The summed E-state index contributed by atoms with van der Waals surface area (Å²) in [6.07, 6.45) is 9.86. The van der Waals surface area contributed by atoms with Crippen molar-refractivity contribution in [3.63, 3.8) is 0 Å². The summed E-state index contributed by atoms with van der Waals surface area (Å²) < 4.78 is 2.29. The lowest BCUT2D eigenvalue weighted by molar-refractivity contribution is 0.512. The maximum absolute atomic E-state index is 4.91. The number of aryl methyl sites for hydroxylation is 2. The zero-order valence-corrected chi connectivity index (χ0v) is 14.8. The Morgan fingerprint density at radius 3 is 2.24 bits per heavy atom. The third kappa shape index (κ3) is 4.84. The van der Waals surface area contributed by atoms with Gasteiger partial charge in [0.25, 0.3) is 0 Å². The molecule has 3 heteroatoms. The Bertz CT molecular complexity index is 391. The topological polar surface area (TPSA) is 29.9 Å². The fourth-order valence-corrected chi connectivity index (χ4v) is 3.20. The number of aromatic nitrogens is 2. The van der Waals surface area contributed by atoms with Gasteiger partial charge in [-0.1, -0.05) is 53.4 Å². The molecule has 0 aliphatic heterocycles. The van der Waals surface area contributed by atoms with E-state index in [1.165, 1.54) is 49.1 Å². The number of unbranched alkanes of at least 4 members (excludes halogenated alkanes) is 4. The molecule has 0 saturated carbocycles. The first-order chi connectivity index (χ1) is 10.2. The van der Waals surface area contributed by atoms with Gasteiger partial charge in [-0.3, -0.25) is 4.68 Å². The smallest absolute Gasteiger partial charge is 0.0672 e. The monoisotopic (exact) mass is 293 g/mol. The van der Waals surface area contributed by atoms with Crippen LogP contribution in [0.25, 0.3) is 0 Å². The molecule has 0 aliphatic rings. The van der Waals surface area contributed by atoms with Gasteiger partial charge < -0.3 is 5.32 Å². The van der Waals surface area contributed by atoms with Gasteiger partial charge in [0.1, 0.15) is 0 Å². The molecular formula is C18H35N3. The van der Waals surface area contributed by atoms with E-state index in [2.05, 4.69) is 44.7 Å². The van der Waals surface area contributed by atoms with Crippen LogP contribution in [0.2, 0.25) is 0 Å². The highest BCUT2D eigenvalue weighted by molar-refractivity contribution is 5.30. The van der Waals surface area contributed by atoms with E-state index in [-0.39, 0.29) is 0 Å². The highest BCUT2D eigenvalue weighted by Crippen LogP contribution is 2.26. The summed E-state index contributed by atoms with van der Waals surface area (Å²) >= 11 is 0. The van der Waals surface area contributed by atoms with Crippen LogP contribution in [0.1, 0.15) is 89.2 Å². The summed E-state index contributed by atoms with van der Waals surface area (Å²) in [5, 5.41) is 8.37. The van der Waals surface area contributed by atoms with Crippen LogP contribution >= 0.6 is 0 Å². The highest BCUT2D eigenvalue weighted by Gasteiger charge is 2.21. The van der Waals surface area contributed by atoms with Crippen LogP contribution in [0, 0.1) is 0 Å². The Morgan fingerprint density at radius 1 is 1.00 bits per heavy atom. The van der Waals surface area contributed by atoms with E-state index >= 15 is 0 Å². The average molecular weight is 293 g/mol. The van der Waals surface area contributed by atoms with Gasteiger partial charge in [0.05, 0.1) is 5.69 Å². The van der Waals surface area contributed by atoms with Gasteiger partial charge in [-0.15, -0.1) is 0 Å². The maximum Gasteiger partial charge on any atom is 0.0672 e. The number of nitrogens with zero attached hydrogens (tertiary/aromatic N) is 2. The van der Waals surface area contributed by atoms with Crippen LogP contribution in [0.5, 0.6) is 0 Å². The molecule has 0 radical (unpaired) electrons. The third-order valence-electron chi connectivity index (χ3n) is 4.42. The molecule has 21 heavy (non-hydrogen) atoms. The van der Waals surface area contributed by atoms with Gasteiger partial charge >= 0.3 is 0 Å². The van der Waals surface area contributed by atoms with Crippen molar-refractivity contribution in [1.82, 2.24) is 15.1 Å². The number of hydrogen-bond acceptors (Lipinski definition) is 2. The molecule has 0 bridgehead atoms. The van der Waals surface area contributed by atoms with Gasteiger partial charge in [0.15, 0.2) is 0 Å². The maximum atomic E-state index is 4.91. The normalized spacial score (nSPS) is 12.8. The molecule has 1 rings (SSSR count).